The maximum absolute atomic E-state index is 11.0. The van der Waals surface area contributed by atoms with Gasteiger partial charge in [-0.25, -0.2) is 9.97 Å². The predicted molar refractivity (Wildman–Crippen MR) is 50.7 cm³/mol. The molecular formula is C8H7N3OS. The Balaban J connectivity index is 2.81. The molecule has 2 aromatic heterocycles. The van der Waals surface area contributed by atoms with Crippen LogP contribution in [0.3, 0.4) is 0 Å². The average molecular weight is 193 g/mol. The van der Waals surface area contributed by atoms with E-state index in [0.717, 1.165) is 15.8 Å². The monoisotopic (exact) mass is 193 g/mol. The van der Waals surface area contributed by atoms with Crippen molar-refractivity contribution in [3.8, 4) is 0 Å². The van der Waals surface area contributed by atoms with E-state index in [1.807, 2.05) is 6.92 Å². The number of nitrogens with two attached hydrogens (primary N) is 1. The van der Waals surface area contributed by atoms with E-state index in [2.05, 4.69) is 9.97 Å². The molecular weight excluding hydrogens is 186 g/mol. The van der Waals surface area contributed by atoms with Crippen LogP contribution in [-0.4, -0.2) is 15.9 Å². The lowest BCUT2D eigenvalue weighted by atomic mass is 10.2. The summed E-state index contributed by atoms with van der Waals surface area (Å²) in [6.45, 7) is 1.85. The fourth-order valence-electron chi connectivity index (χ4n) is 1.19. The first-order valence-corrected chi connectivity index (χ1v) is 4.50. The lowest BCUT2D eigenvalue weighted by Gasteiger charge is -1.90. The molecule has 5 heteroatoms. The maximum atomic E-state index is 11.0. The Labute approximate surface area is 78.4 Å². The van der Waals surface area contributed by atoms with E-state index >= 15 is 0 Å². The minimum absolute atomic E-state index is 0.402. The highest BCUT2D eigenvalue weighted by molar-refractivity contribution is 7.20. The highest BCUT2D eigenvalue weighted by Crippen LogP contribution is 2.27. The molecule has 0 saturated carbocycles. The van der Waals surface area contributed by atoms with Gasteiger partial charge in [-0.2, -0.15) is 0 Å². The summed E-state index contributed by atoms with van der Waals surface area (Å²) in [4.78, 5) is 20.3. The van der Waals surface area contributed by atoms with E-state index in [-0.39, 0.29) is 0 Å². The molecule has 2 aromatic rings. The average Bonchev–Trinajstić information content (AvgIpc) is 2.45. The van der Waals surface area contributed by atoms with Gasteiger partial charge in [0.1, 0.15) is 11.2 Å². The molecule has 4 nitrogen and oxygen atoms in total. The third-order valence-corrected chi connectivity index (χ3v) is 3.07. The topological polar surface area (TPSA) is 68.9 Å². The van der Waals surface area contributed by atoms with Gasteiger partial charge in [0.05, 0.1) is 4.88 Å². The zero-order valence-corrected chi connectivity index (χ0v) is 7.76. The summed E-state index contributed by atoms with van der Waals surface area (Å²) in [5.74, 6) is -0.402. The number of carbonyl (C=O) groups is 1. The first kappa shape index (κ1) is 8.12. The molecule has 0 aliphatic rings. The van der Waals surface area contributed by atoms with Gasteiger partial charge in [0.15, 0.2) is 0 Å². The number of primary amides is 1. The Morgan fingerprint density at radius 2 is 2.38 bits per heavy atom. The van der Waals surface area contributed by atoms with Crippen molar-refractivity contribution in [2.24, 2.45) is 5.73 Å². The number of rotatable bonds is 1. The van der Waals surface area contributed by atoms with Crippen LogP contribution in [0, 0.1) is 6.92 Å². The zero-order valence-electron chi connectivity index (χ0n) is 6.94. The summed E-state index contributed by atoms with van der Waals surface area (Å²) in [6, 6.07) is 0. The van der Waals surface area contributed by atoms with E-state index in [0.29, 0.717) is 4.88 Å². The predicted octanol–water partition coefficient (Wildman–Crippen LogP) is 1.10. The molecule has 1 amide bonds. The van der Waals surface area contributed by atoms with E-state index in [4.69, 9.17) is 5.73 Å². The molecule has 0 spiro atoms. The summed E-state index contributed by atoms with van der Waals surface area (Å²) in [5, 5.41) is 0.904. The highest BCUT2D eigenvalue weighted by Gasteiger charge is 2.12. The van der Waals surface area contributed by atoms with Crippen molar-refractivity contribution in [2.45, 2.75) is 6.92 Å². The largest absolute Gasteiger partial charge is 0.365 e. The zero-order chi connectivity index (χ0) is 9.42. The molecule has 0 aliphatic carbocycles. The van der Waals surface area contributed by atoms with Gasteiger partial charge in [0.25, 0.3) is 5.91 Å². The third-order valence-electron chi connectivity index (χ3n) is 1.84. The van der Waals surface area contributed by atoms with Gasteiger partial charge in [-0.05, 0) is 12.5 Å². The van der Waals surface area contributed by atoms with Crippen molar-refractivity contribution >= 4 is 27.5 Å². The molecule has 0 aliphatic heterocycles. The summed E-state index contributed by atoms with van der Waals surface area (Å²) in [5.41, 5.74) is 6.07. The van der Waals surface area contributed by atoms with Gasteiger partial charge in [0, 0.05) is 11.6 Å². The molecule has 2 N–H and O–H groups in total. The molecule has 66 valence electrons. The number of fused-ring (bicyclic) bond motifs is 1. The quantitative estimate of drug-likeness (QED) is 0.737. The first-order valence-electron chi connectivity index (χ1n) is 3.69. The summed E-state index contributed by atoms with van der Waals surface area (Å²) < 4.78 is 0. The van der Waals surface area contributed by atoms with Crippen molar-refractivity contribution in [1.82, 2.24) is 9.97 Å². The molecule has 0 unspecified atom stereocenters. The molecule has 0 fully saturated rings. The van der Waals surface area contributed by atoms with E-state index in [1.165, 1.54) is 17.7 Å². The Hall–Kier alpha value is -1.49. The van der Waals surface area contributed by atoms with Gasteiger partial charge >= 0.3 is 0 Å². The highest BCUT2D eigenvalue weighted by atomic mass is 32.1. The summed E-state index contributed by atoms with van der Waals surface area (Å²) >= 11 is 1.31. The van der Waals surface area contributed by atoms with Crippen LogP contribution in [0.2, 0.25) is 0 Å². The van der Waals surface area contributed by atoms with Crippen LogP contribution in [0.15, 0.2) is 12.5 Å². The van der Waals surface area contributed by atoms with Crippen LogP contribution in [-0.2, 0) is 0 Å². The Morgan fingerprint density at radius 1 is 1.62 bits per heavy atom. The third kappa shape index (κ3) is 1.17. The standard InChI is InChI=1S/C8H7N3OS/c1-4-5-2-10-3-11-8(5)13-6(4)7(9)12/h2-3H,1H3,(H2,9,12). The molecule has 0 radical (unpaired) electrons. The minimum atomic E-state index is -0.402. The van der Waals surface area contributed by atoms with E-state index < -0.39 is 5.91 Å². The van der Waals surface area contributed by atoms with Crippen LogP contribution >= 0.6 is 11.3 Å². The second-order valence-corrected chi connectivity index (χ2v) is 3.66. The Kier molecular flexibility index (Phi) is 1.73. The molecule has 0 saturated heterocycles. The number of carbonyl (C=O) groups excluding carboxylic acids is 1. The second kappa shape index (κ2) is 2.77. The van der Waals surface area contributed by atoms with E-state index in [9.17, 15) is 4.79 Å². The second-order valence-electron chi connectivity index (χ2n) is 2.66. The molecule has 0 aromatic carbocycles. The van der Waals surface area contributed by atoms with Crippen molar-refractivity contribution in [3.05, 3.63) is 23.0 Å². The van der Waals surface area contributed by atoms with Gasteiger partial charge in [-0.15, -0.1) is 11.3 Å². The van der Waals surface area contributed by atoms with Gasteiger partial charge in [0.2, 0.25) is 0 Å². The normalized spacial score (nSPS) is 10.5. The van der Waals surface area contributed by atoms with Crippen molar-refractivity contribution < 1.29 is 4.79 Å². The van der Waals surface area contributed by atoms with Crippen LogP contribution in [0.25, 0.3) is 10.2 Å². The van der Waals surface area contributed by atoms with Gasteiger partial charge < -0.3 is 5.73 Å². The fraction of sp³-hybridized carbons (Fsp3) is 0.125. The number of amides is 1. The lowest BCUT2D eigenvalue weighted by molar-refractivity contribution is 0.100. The minimum Gasteiger partial charge on any atom is -0.365 e. The van der Waals surface area contributed by atoms with Crippen LogP contribution in [0.5, 0.6) is 0 Å². The number of aromatic nitrogens is 2. The molecule has 2 rings (SSSR count). The smallest absolute Gasteiger partial charge is 0.259 e. The van der Waals surface area contributed by atoms with Gasteiger partial charge in [-0.3, -0.25) is 4.79 Å². The van der Waals surface area contributed by atoms with Gasteiger partial charge in [-0.1, -0.05) is 0 Å². The van der Waals surface area contributed by atoms with E-state index in [1.54, 1.807) is 6.20 Å². The van der Waals surface area contributed by atoms with Crippen molar-refractivity contribution in [3.63, 3.8) is 0 Å². The SMILES string of the molecule is Cc1c(C(N)=O)sc2ncncc12. The molecule has 0 bridgehead atoms. The summed E-state index contributed by atoms with van der Waals surface area (Å²) in [7, 11) is 0. The lowest BCUT2D eigenvalue weighted by Crippen LogP contribution is -2.09. The van der Waals surface area contributed by atoms with Crippen LogP contribution in [0.4, 0.5) is 0 Å². The number of aryl methyl sites for hydroxylation is 1. The number of hydrogen-bond acceptors (Lipinski definition) is 4. The first-order chi connectivity index (χ1) is 6.20. The molecule has 0 atom stereocenters. The number of hydrogen-bond donors (Lipinski definition) is 1. The Morgan fingerprint density at radius 3 is 3.00 bits per heavy atom. The van der Waals surface area contributed by atoms with Crippen molar-refractivity contribution in [1.29, 1.82) is 0 Å². The van der Waals surface area contributed by atoms with Crippen LogP contribution < -0.4 is 5.73 Å². The number of nitrogens with zero attached hydrogens (tertiary/aromatic N) is 2. The maximum Gasteiger partial charge on any atom is 0.259 e. The summed E-state index contributed by atoms with van der Waals surface area (Å²) in [6.07, 6.45) is 3.16. The fourth-order valence-corrected chi connectivity index (χ4v) is 2.16. The molecule has 13 heavy (non-hydrogen) atoms. The van der Waals surface area contributed by atoms with Crippen molar-refractivity contribution in [2.75, 3.05) is 0 Å². The Bertz CT molecular complexity index is 477. The van der Waals surface area contributed by atoms with Crippen LogP contribution in [0.1, 0.15) is 15.2 Å². The molecule has 2 heterocycles. The number of thiophene rings is 1.